The molecule has 9 heteroatoms. The van der Waals surface area contributed by atoms with Crippen molar-refractivity contribution < 1.29 is 22.6 Å². The summed E-state index contributed by atoms with van der Waals surface area (Å²) in [6, 6.07) is 0. The predicted molar refractivity (Wildman–Crippen MR) is 79.8 cm³/mol. The Balaban J connectivity index is 2.67. The highest BCUT2D eigenvalue weighted by molar-refractivity contribution is 7.13. The van der Waals surface area contributed by atoms with Crippen LogP contribution in [0, 0.1) is 6.92 Å². The monoisotopic (exact) mass is 347 g/mol. The molecule has 0 atom stereocenters. The normalized spacial score (nSPS) is 12.3. The molecule has 0 aromatic carbocycles. The minimum atomic E-state index is -4.71. The lowest BCUT2D eigenvalue weighted by Gasteiger charge is -2.23. The van der Waals surface area contributed by atoms with Gasteiger partial charge in [-0.2, -0.15) is 23.1 Å². The summed E-state index contributed by atoms with van der Waals surface area (Å²) in [6.07, 6.45) is -4.71. The van der Waals surface area contributed by atoms with E-state index in [1.165, 1.54) is 11.3 Å². The molecule has 23 heavy (non-hydrogen) atoms. The number of methoxy groups -OCH3 is 1. The number of halogens is 3. The van der Waals surface area contributed by atoms with Gasteiger partial charge in [0.1, 0.15) is 5.60 Å². The lowest BCUT2D eigenvalue weighted by Crippen LogP contribution is -2.26. The Morgan fingerprint density at radius 3 is 2.09 bits per heavy atom. The second-order valence-electron chi connectivity index (χ2n) is 5.74. The standard InChI is InChI=1S/C14H16F3N3O2S/c1-7-6-23-12(18-7)9-19-10(21-5)8(14(15,16)17)11(20-9)22-13(2,3)4/h6H,1-5H3. The summed E-state index contributed by atoms with van der Waals surface area (Å²) in [6.45, 7) is 6.67. The molecule has 0 saturated carbocycles. The Hall–Kier alpha value is -1.90. The van der Waals surface area contributed by atoms with Crippen molar-refractivity contribution in [1.29, 1.82) is 0 Å². The van der Waals surface area contributed by atoms with E-state index < -0.39 is 29.1 Å². The molecule has 0 amide bonds. The van der Waals surface area contributed by atoms with Crippen molar-refractivity contribution in [2.75, 3.05) is 7.11 Å². The molecule has 5 nitrogen and oxygen atoms in total. The molecule has 2 heterocycles. The molecule has 2 rings (SSSR count). The first kappa shape index (κ1) is 17.5. The minimum absolute atomic E-state index is 0.0344. The molecule has 0 bridgehead atoms. The van der Waals surface area contributed by atoms with Crippen LogP contribution in [0.15, 0.2) is 5.38 Å². The summed E-state index contributed by atoms with van der Waals surface area (Å²) in [5.74, 6) is -1.12. The number of hydrogen-bond donors (Lipinski definition) is 0. The van der Waals surface area contributed by atoms with Gasteiger partial charge in [-0.3, -0.25) is 0 Å². The molecule has 126 valence electrons. The van der Waals surface area contributed by atoms with E-state index in [-0.39, 0.29) is 5.82 Å². The molecule has 0 fully saturated rings. The van der Waals surface area contributed by atoms with E-state index in [1.807, 2.05) is 0 Å². The van der Waals surface area contributed by atoms with Gasteiger partial charge in [0.15, 0.2) is 16.4 Å². The highest BCUT2D eigenvalue weighted by atomic mass is 32.1. The fraction of sp³-hybridized carbons (Fsp3) is 0.500. The first-order valence-corrected chi connectivity index (χ1v) is 7.54. The Bertz CT molecular complexity index is 708. The van der Waals surface area contributed by atoms with E-state index in [0.29, 0.717) is 5.01 Å². The first-order valence-electron chi connectivity index (χ1n) is 6.66. The predicted octanol–water partition coefficient (Wildman–Crippen LogP) is 4.11. The molecule has 2 aromatic rings. The lowest BCUT2D eigenvalue weighted by molar-refractivity contribution is -0.141. The number of nitrogens with zero attached hydrogens (tertiary/aromatic N) is 3. The number of rotatable bonds is 3. The van der Waals surface area contributed by atoms with Gasteiger partial charge in [0.25, 0.3) is 0 Å². The average Bonchev–Trinajstić information content (AvgIpc) is 2.81. The van der Waals surface area contributed by atoms with Crippen molar-refractivity contribution in [2.45, 2.75) is 39.5 Å². The zero-order valence-corrected chi connectivity index (χ0v) is 14.1. The van der Waals surface area contributed by atoms with Crippen LogP contribution in [0.4, 0.5) is 13.2 Å². The molecule has 0 unspecified atom stereocenters. The zero-order chi connectivity index (χ0) is 17.4. The van der Waals surface area contributed by atoms with Crippen LogP contribution in [0.5, 0.6) is 11.8 Å². The summed E-state index contributed by atoms with van der Waals surface area (Å²) >= 11 is 1.23. The molecular formula is C14H16F3N3O2S. The second-order valence-corrected chi connectivity index (χ2v) is 6.60. The maximum absolute atomic E-state index is 13.4. The number of hydrogen-bond acceptors (Lipinski definition) is 6. The third kappa shape index (κ3) is 4.10. The van der Waals surface area contributed by atoms with Crippen LogP contribution in [0.2, 0.25) is 0 Å². The fourth-order valence-corrected chi connectivity index (χ4v) is 2.46. The van der Waals surface area contributed by atoms with Crippen molar-refractivity contribution in [3.8, 4) is 22.6 Å². The molecule has 0 saturated heterocycles. The lowest BCUT2D eigenvalue weighted by atomic mass is 10.2. The molecule has 0 radical (unpaired) electrons. The van der Waals surface area contributed by atoms with Gasteiger partial charge >= 0.3 is 6.18 Å². The van der Waals surface area contributed by atoms with Gasteiger partial charge in [-0.05, 0) is 27.7 Å². The van der Waals surface area contributed by atoms with E-state index in [2.05, 4.69) is 15.0 Å². The van der Waals surface area contributed by atoms with Crippen LogP contribution in [0.1, 0.15) is 32.0 Å². The molecule has 0 aliphatic rings. The van der Waals surface area contributed by atoms with Crippen molar-refractivity contribution in [2.24, 2.45) is 0 Å². The fourth-order valence-electron chi connectivity index (χ4n) is 1.73. The van der Waals surface area contributed by atoms with E-state index >= 15 is 0 Å². The molecule has 0 aliphatic carbocycles. The number of aryl methyl sites for hydroxylation is 1. The van der Waals surface area contributed by atoms with Gasteiger partial charge in [-0.15, -0.1) is 11.3 Å². The summed E-state index contributed by atoms with van der Waals surface area (Å²) in [7, 11) is 1.12. The van der Waals surface area contributed by atoms with Gasteiger partial charge < -0.3 is 9.47 Å². The number of thiazole rings is 1. The maximum atomic E-state index is 13.4. The smallest absolute Gasteiger partial charge is 0.426 e. The molecule has 0 N–H and O–H groups in total. The molecule has 0 spiro atoms. The third-order valence-electron chi connectivity index (χ3n) is 2.53. The number of aromatic nitrogens is 3. The Kier molecular flexibility index (Phi) is 4.52. The van der Waals surface area contributed by atoms with Gasteiger partial charge in [0.2, 0.25) is 11.8 Å². The van der Waals surface area contributed by atoms with Gasteiger partial charge in [-0.1, -0.05) is 0 Å². The first-order chi connectivity index (χ1) is 10.5. The topological polar surface area (TPSA) is 57.1 Å². The van der Waals surface area contributed by atoms with Crippen molar-refractivity contribution in [1.82, 2.24) is 15.0 Å². The van der Waals surface area contributed by atoms with Crippen molar-refractivity contribution in [3.63, 3.8) is 0 Å². The highest BCUT2D eigenvalue weighted by Gasteiger charge is 2.42. The Labute approximate surface area is 135 Å². The van der Waals surface area contributed by atoms with Gasteiger partial charge in [-0.25, -0.2) is 4.98 Å². The largest absolute Gasteiger partial charge is 0.480 e. The van der Waals surface area contributed by atoms with E-state index in [4.69, 9.17) is 9.47 Å². The van der Waals surface area contributed by atoms with E-state index in [9.17, 15) is 13.2 Å². The zero-order valence-electron chi connectivity index (χ0n) is 13.3. The summed E-state index contributed by atoms with van der Waals surface area (Å²) < 4.78 is 50.3. The number of ether oxygens (including phenoxy) is 2. The van der Waals surface area contributed by atoms with Crippen LogP contribution in [-0.4, -0.2) is 27.7 Å². The van der Waals surface area contributed by atoms with E-state index in [1.54, 1.807) is 33.1 Å². The maximum Gasteiger partial charge on any atom is 0.426 e. The van der Waals surface area contributed by atoms with Gasteiger partial charge in [0, 0.05) is 11.1 Å². The van der Waals surface area contributed by atoms with Crippen LogP contribution in [0.25, 0.3) is 10.8 Å². The van der Waals surface area contributed by atoms with Gasteiger partial charge in [0.05, 0.1) is 7.11 Å². The Morgan fingerprint density at radius 1 is 1.04 bits per heavy atom. The average molecular weight is 347 g/mol. The van der Waals surface area contributed by atoms with Crippen molar-refractivity contribution in [3.05, 3.63) is 16.6 Å². The summed E-state index contributed by atoms with van der Waals surface area (Å²) in [4.78, 5) is 12.0. The Morgan fingerprint density at radius 2 is 1.65 bits per heavy atom. The second kappa shape index (κ2) is 5.95. The summed E-state index contributed by atoms with van der Waals surface area (Å²) in [5.41, 5.74) is -1.27. The van der Waals surface area contributed by atoms with Crippen LogP contribution >= 0.6 is 11.3 Å². The van der Waals surface area contributed by atoms with Crippen LogP contribution in [-0.2, 0) is 6.18 Å². The van der Waals surface area contributed by atoms with Crippen LogP contribution < -0.4 is 9.47 Å². The SMILES string of the molecule is COc1nc(-c2nc(C)cs2)nc(OC(C)(C)C)c1C(F)(F)F. The highest BCUT2D eigenvalue weighted by Crippen LogP contribution is 2.42. The minimum Gasteiger partial charge on any atom is -0.480 e. The molecule has 2 aromatic heterocycles. The van der Waals surface area contributed by atoms with Crippen molar-refractivity contribution >= 4 is 11.3 Å². The molecule has 0 aliphatic heterocycles. The quantitative estimate of drug-likeness (QED) is 0.836. The third-order valence-corrected chi connectivity index (χ3v) is 3.49. The molecular weight excluding hydrogens is 331 g/mol. The number of alkyl halides is 3. The van der Waals surface area contributed by atoms with E-state index in [0.717, 1.165) is 12.8 Å². The summed E-state index contributed by atoms with van der Waals surface area (Å²) in [5, 5.41) is 2.15. The van der Waals surface area contributed by atoms with Crippen LogP contribution in [0.3, 0.4) is 0 Å².